The Morgan fingerprint density at radius 2 is 1.80 bits per heavy atom. The third kappa shape index (κ3) is 3.43. The molecule has 136 valence electrons. The molecule has 1 amide bonds. The normalized spacial score (nSPS) is 27.1. The molecule has 0 spiro atoms. The van der Waals surface area contributed by atoms with Crippen LogP contribution >= 0.6 is 0 Å². The third-order valence-electron chi connectivity index (χ3n) is 5.65. The molecule has 25 heavy (non-hydrogen) atoms. The van der Waals surface area contributed by atoms with Gasteiger partial charge in [0.25, 0.3) is 0 Å². The van der Waals surface area contributed by atoms with E-state index >= 15 is 0 Å². The summed E-state index contributed by atoms with van der Waals surface area (Å²) in [6.07, 6.45) is 3.33. The van der Waals surface area contributed by atoms with Crippen molar-refractivity contribution in [3.05, 3.63) is 23.8 Å². The van der Waals surface area contributed by atoms with Gasteiger partial charge in [-0.1, -0.05) is 6.07 Å². The average Bonchev–Trinajstić information content (AvgIpc) is 3.22. The largest absolute Gasteiger partial charge is 0.550 e. The van der Waals surface area contributed by atoms with E-state index in [0.29, 0.717) is 24.5 Å². The quantitative estimate of drug-likeness (QED) is 0.788. The standard InChI is InChI=1S/C19H25NO5/c1-24-14-6-3-11(9-15(14)25-2)7-8-20-18(21)16-12-4-5-13(10-12)17(16)19(22)23/h3,6,9,12-13,16-17H,4-5,7-8,10H2,1-2H3,(H,20,21)(H,22,23)/p-1/t12-,13+,16+,17+/m1/s1. The number of hydrogen-bond acceptors (Lipinski definition) is 5. The number of carboxylic acid groups (broad SMARTS) is 1. The summed E-state index contributed by atoms with van der Waals surface area (Å²) in [6.45, 7) is 0.460. The smallest absolute Gasteiger partial charge is 0.224 e. The van der Waals surface area contributed by atoms with Gasteiger partial charge in [-0.3, -0.25) is 4.79 Å². The lowest BCUT2D eigenvalue weighted by Gasteiger charge is -2.30. The van der Waals surface area contributed by atoms with E-state index in [4.69, 9.17) is 9.47 Å². The number of carbonyl (C=O) groups excluding carboxylic acids is 2. The molecule has 4 atom stereocenters. The van der Waals surface area contributed by atoms with E-state index in [0.717, 1.165) is 24.8 Å². The van der Waals surface area contributed by atoms with Gasteiger partial charge >= 0.3 is 0 Å². The van der Waals surface area contributed by atoms with E-state index in [1.165, 1.54) is 0 Å². The number of fused-ring (bicyclic) bond motifs is 2. The summed E-state index contributed by atoms with van der Waals surface area (Å²) in [5, 5.41) is 14.3. The van der Waals surface area contributed by atoms with Crippen molar-refractivity contribution in [1.82, 2.24) is 5.32 Å². The number of rotatable bonds is 7. The first kappa shape index (κ1) is 17.6. The lowest BCUT2D eigenvalue weighted by molar-refractivity contribution is -0.314. The summed E-state index contributed by atoms with van der Waals surface area (Å²) < 4.78 is 10.5. The molecule has 2 bridgehead atoms. The fraction of sp³-hybridized carbons (Fsp3) is 0.579. The molecule has 0 heterocycles. The van der Waals surface area contributed by atoms with Crippen molar-refractivity contribution < 1.29 is 24.2 Å². The molecule has 1 aromatic carbocycles. The van der Waals surface area contributed by atoms with Crippen LogP contribution in [-0.4, -0.2) is 32.6 Å². The van der Waals surface area contributed by atoms with Crippen LogP contribution in [0.15, 0.2) is 18.2 Å². The van der Waals surface area contributed by atoms with Gasteiger partial charge in [-0.2, -0.15) is 0 Å². The monoisotopic (exact) mass is 346 g/mol. The number of hydrogen-bond donors (Lipinski definition) is 1. The highest BCUT2D eigenvalue weighted by molar-refractivity contribution is 5.85. The molecule has 6 nitrogen and oxygen atoms in total. The zero-order valence-electron chi connectivity index (χ0n) is 14.6. The van der Waals surface area contributed by atoms with Crippen LogP contribution < -0.4 is 19.9 Å². The predicted octanol–water partition coefficient (Wildman–Crippen LogP) is 0.775. The zero-order valence-corrected chi connectivity index (χ0v) is 14.6. The lowest BCUT2D eigenvalue weighted by Crippen LogP contribution is -2.46. The van der Waals surface area contributed by atoms with Gasteiger partial charge in [-0.05, 0) is 55.2 Å². The second-order valence-corrected chi connectivity index (χ2v) is 6.93. The number of nitrogens with one attached hydrogen (secondary N) is 1. The molecule has 0 saturated heterocycles. The SMILES string of the molecule is COc1ccc(CCNC(=O)[C@H]2[C@@H]3CC[C@@H](C3)[C@@H]2C(=O)[O-])cc1OC. The molecule has 1 aromatic rings. The lowest BCUT2D eigenvalue weighted by atomic mass is 9.78. The van der Waals surface area contributed by atoms with Crippen molar-refractivity contribution in [2.75, 3.05) is 20.8 Å². The van der Waals surface area contributed by atoms with Gasteiger partial charge in [0.05, 0.1) is 14.2 Å². The Balaban J connectivity index is 1.57. The number of methoxy groups -OCH3 is 2. The fourth-order valence-corrected chi connectivity index (χ4v) is 4.49. The van der Waals surface area contributed by atoms with E-state index in [1.54, 1.807) is 14.2 Å². The molecule has 0 aliphatic heterocycles. The molecule has 2 aliphatic rings. The van der Waals surface area contributed by atoms with Gasteiger partial charge in [0.1, 0.15) is 0 Å². The highest BCUT2D eigenvalue weighted by Gasteiger charge is 2.51. The Morgan fingerprint density at radius 3 is 2.44 bits per heavy atom. The van der Waals surface area contributed by atoms with E-state index in [9.17, 15) is 14.7 Å². The third-order valence-corrected chi connectivity index (χ3v) is 5.65. The van der Waals surface area contributed by atoms with Crippen LogP contribution in [0.5, 0.6) is 11.5 Å². The molecular formula is C19H24NO5-. The van der Waals surface area contributed by atoms with Crippen molar-refractivity contribution >= 4 is 11.9 Å². The van der Waals surface area contributed by atoms with Crippen molar-refractivity contribution in [2.45, 2.75) is 25.7 Å². The van der Waals surface area contributed by atoms with Crippen LogP contribution in [0, 0.1) is 23.7 Å². The van der Waals surface area contributed by atoms with Gasteiger partial charge < -0.3 is 24.7 Å². The predicted molar refractivity (Wildman–Crippen MR) is 89.1 cm³/mol. The summed E-state index contributed by atoms with van der Waals surface area (Å²) >= 11 is 0. The van der Waals surface area contributed by atoms with Crippen molar-refractivity contribution in [1.29, 1.82) is 0 Å². The number of carboxylic acids is 1. The molecule has 6 heteroatoms. The minimum atomic E-state index is -1.08. The molecular weight excluding hydrogens is 322 g/mol. The van der Waals surface area contributed by atoms with Crippen LogP contribution in [0.2, 0.25) is 0 Å². The molecule has 2 saturated carbocycles. The number of ether oxygens (including phenoxy) is 2. The minimum Gasteiger partial charge on any atom is -0.550 e. The molecule has 0 aromatic heterocycles. The first-order valence-electron chi connectivity index (χ1n) is 8.74. The van der Waals surface area contributed by atoms with Crippen molar-refractivity contribution in [3.63, 3.8) is 0 Å². The first-order valence-corrected chi connectivity index (χ1v) is 8.74. The Hall–Kier alpha value is -2.24. The van der Waals surface area contributed by atoms with Crippen LogP contribution in [0.1, 0.15) is 24.8 Å². The van der Waals surface area contributed by atoms with Gasteiger partial charge in [-0.25, -0.2) is 0 Å². The van der Waals surface area contributed by atoms with Crippen LogP contribution in [0.4, 0.5) is 0 Å². The second-order valence-electron chi connectivity index (χ2n) is 6.93. The van der Waals surface area contributed by atoms with Gasteiger partial charge in [0, 0.05) is 24.3 Å². The number of benzene rings is 1. The molecule has 0 unspecified atom stereocenters. The van der Waals surface area contributed by atoms with Gasteiger partial charge in [-0.15, -0.1) is 0 Å². The summed E-state index contributed by atoms with van der Waals surface area (Å²) in [6, 6.07) is 5.64. The van der Waals surface area contributed by atoms with Crippen LogP contribution in [-0.2, 0) is 16.0 Å². The Labute approximate surface area is 147 Å². The maximum absolute atomic E-state index is 12.5. The number of aliphatic carboxylic acids is 1. The Bertz CT molecular complexity index is 659. The average molecular weight is 346 g/mol. The topological polar surface area (TPSA) is 87.7 Å². The Morgan fingerprint density at radius 1 is 1.12 bits per heavy atom. The maximum atomic E-state index is 12.5. The van der Waals surface area contributed by atoms with E-state index in [1.807, 2.05) is 18.2 Å². The van der Waals surface area contributed by atoms with E-state index < -0.39 is 17.8 Å². The summed E-state index contributed by atoms with van der Waals surface area (Å²) in [4.78, 5) is 23.9. The van der Waals surface area contributed by atoms with Crippen molar-refractivity contribution in [3.8, 4) is 11.5 Å². The summed E-state index contributed by atoms with van der Waals surface area (Å²) in [5.74, 6) is -0.681. The Kier molecular flexibility index (Phi) is 5.16. The van der Waals surface area contributed by atoms with Crippen LogP contribution in [0.25, 0.3) is 0 Å². The van der Waals surface area contributed by atoms with Gasteiger partial charge in [0.2, 0.25) is 5.91 Å². The molecule has 3 rings (SSSR count). The molecule has 2 aliphatic carbocycles. The van der Waals surface area contributed by atoms with E-state index in [2.05, 4.69) is 5.32 Å². The highest BCUT2D eigenvalue weighted by atomic mass is 16.5. The zero-order chi connectivity index (χ0) is 18.0. The van der Waals surface area contributed by atoms with Crippen molar-refractivity contribution in [2.24, 2.45) is 23.7 Å². The first-order chi connectivity index (χ1) is 12.0. The fourth-order valence-electron chi connectivity index (χ4n) is 4.49. The second kappa shape index (κ2) is 7.33. The summed E-state index contributed by atoms with van der Waals surface area (Å²) in [5.41, 5.74) is 1.02. The highest BCUT2D eigenvalue weighted by Crippen LogP contribution is 2.52. The van der Waals surface area contributed by atoms with Crippen LogP contribution in [0.3, 0.4) is 0 Å². The number of amides is 1. The number of carbonyl (C=O) groups is 2. The van der Waals surface area contributed by atoms with E-state index in [-0.39, 0.29) is 17.7 Å². The maximum Gasteiger partial charge on any atom is 0.224 e. The molecule has 0 radical (unpaired) electrons. The minimum absolute atomic E-state index is 0.108. The summed E-state index contributed by atoms with van der Waals surface area (Å²) in [7, 11) is 3.17. The molecule has 1 N–H and O–H groups in total. The van der Waals surface area contributed by atoms with Gasteiger partial charge in [0.15, 0.2) is 11.5 Å². The molecule has 2 fully saturated rings.